The summed E-state index contributed by atoms with van der Waals surface area (Å²) in [6.07, 6.45) is 10.7. The second-order valence-electron chi connectivity index (χ2n) is 17.7. The van der Waals surface area contributed by atoms with Crippen molar-refractivity contribution in [1.29, 1.82) is 0 Å². The Labute approximate surface area is 382 Å². The van der Waals surface area contributed by atoms with E-state index in [0.717, 1.165) is 41.0 Å². The van der Waals surface area contributed by atoms with Crippen LogP contribution in [0, 0.1) is 12.8 Å². The van der Waals surface area contributed by atoms with Gasteiger partial charge in [-0.3, -0.25) is 43.6 Å². The average molecular weight is 902 g/mol. The highest BCUT2D eigenvalue weighted by Crippen LogP contribution is 2.41. The number of fused-ring (bicyclic) bond motifs is 4. The molecule has 346 valence electrons. The molecular formula is C47H55N11O8. The summed E-state index contributed by atoms with van der Waals surface area (Å²) in [6.45, 7) is 6.08. The van der Waals surface area contributed by atoms with E-state index in [2.05, 4.69) is 42.5 Å². The number of ether oxygens (including phenoxy) is 2. The van der Waals surface area contributed by atoms with Gasteiger partial charge in [0.2, 0.25) is 23.7 Å². The fourth-order valence-corrected chi connectivity index (χ4v) is 10.0. The molecule has 1 saturated carbocycles. The largest absolute Gasteiger partial charge is 0.495 e. The monoisotopic (exact) mass is 901 g/mol. The van der Waals surface area contributed by atoms with Gasteiger partial charge in [0.25, 0.3) is 17.7 Å². The van der Waals surface area contributed by atoms with Gasteiger partial charge in [0, 0.05) is 44.1 Å². The second kappa shape index (κ2) is 18.9. The number of rotatable bonds is 14. The van der Waals surface area contributed by atoms with E-state index in [1.54, 1.807) is 42.3 Å². The Bertz CT molecular complexity index is 2570. The minimum Gasteiger partial charge on any atom is -0.495 e. The molecule has 3 fully saturated rings. The van der Waals surface area contributed by atoms with Crippen LogP contribution < -0.4 is 30.3 Å². The van der Waals surface area contributed by atoms with Crippen molar-refractivity contribution in [2.45, 2.75) is 109 Å². The minimum absolute atomic E-state index is 0.0253. The van der Waals surface area contributed by atoms with Gasteiger partial charge in [0.15, 0.2) is 11.6 Å². The van der Waals surface area contributed by atoms with Crippen molar-refractivity contribution in [3.05, 3.63) is 70.9 Å². The number of hydrogen-bond acceptors (Lipinski definition) is 14. The normalized spacial score (nSPS) is 19.8. The van der Waals surface area contributed by atoms with Gasteiger partial charge < -0.3 is 29.9 Å². The third-order valence-corrected chi connectivity index (χ3v) is 13.5. The van der Waals surface area contributed by atoms with E-state index in [1.807, 2.05) is 13.1 Å². The van der Waals surface area contributed by atoms with Gasteiger partial charge in [0.1, 0.15) is 29.1 Å². The molecule has 0 radical (unpaired) electrons. The van der Waals surface area contributed by atoms with Crippen molar-refractivity contribution >= 4 is 52.9 Å². The Morgan fingerprint density at radius 1 is 0.939 bits per heavy atom. The van der Waals surface area contributed by atoms with Crippen molar-refractivity contribution in [3.63, 3.8) is 0 Å². The molecule has 2 aromatic carbocycles. The maximum absolute atomic E-state index is 13.5. The molecule has 6 heterocycles. The van der Waals surface area contributed by atoms with Crippen LogP contribution in [0.1, 0.15) is 133 Å². The van der Waals surface area contributed by atoms with Gasteiger partial charge in [-0.05, 0) is 88.1 Å². The lowest BCUT2D eigenvalue weighted by Gasteiger charge is -2.39. The number of benzene rings is 2. The van der Waals surface area contributed by atoms with Crippen LogP contribution in [0.25, 0.3) is 5.69 Å². The van der Waals surface area contributed by atoms with E-state index < -0.39 is 29.7 Å². The lowest BCUT2D eigenvalue weighted by Crippen LogP contribution is -2.54. The van der Waals surface area contributed by atoms with Gasteiger partial charge in [-0.1, -0.05) is 32.3 Å². The van der Waals surface area contributed by atoms with Crippen LogP contribution in [0.4, 0.5) is 17.5 Å². The lowest BCUT2D eigenvalue weighted by atomic mass is 9.88. The smallest absolute Gasteiger partial charge is 0.266 e. The Morgan fingerprint density at radius 3 is 2.50 bits per heavy atom. The number of nitrogens with zero attached hydrogens (tertiary/aromatic N) is 8. The van der Waals surface area contributed by atoms with Crippen molar-refractivity contribution < 1.29 is 38.2 Å². The van der Waals surface area contributed by atoms with Crippen LogP contribution in [0.3, 0.4) is 0 Å². The topological polar surface area (TPSA) is 223 Å². The average Bonchev–Trinajstić information content (AvgIpc) is 3.83. The Hall–Kier alpha value is -6.92. The van der Waals surface area contributed by atoms with Gasteiger partial charge in [-0.25, -0.2) is 4.98 Å². The molecule has 0 spiro atoms. The highest BCUT2D eigenvalue weighted by atomic mass is 16.5. The molecule has 9 rings (SSSR count). The van der Waals surface area contributed by atoms with Crippen molar-refractivity contribution in [1.82, 2.24) is 45.2 Å². The standard InChI is InChI=1S/C47H55N11O8/c1-4-33-42-54-53-27(2)57(42)35-25-48-47(52-41(35)56(33)26-28-10-6-5-7-11-28)50-32-16-15-29(24-37(32)65-3)43(61)49-30-19-21-55(22-20-30)39(60)14-9-23-66-36-13-8-12-31-40(36)46(64)58(45(31)63)34-17-18-38(59)51-44(34)62/h8,12-13,15-16,24-25,28,30,33-34H,4-7,9-11,14,17-23,26H2,1-3H3,(H,49,61)(H,48,50,52)(H,51,59,62). The maximum Gasteiger partial charge on any atom is 0.266 e. The van der Waals surface area contributed by atoms with E-state index in [1.165, 1.54) is 38.2 Å². The Balaban J connectivity index is 0.769. The fourth-order valence-electron chi connectivity index (χ4n) is 10.0. The summed E-state index contributed by atoms with van der Waals surface area (Å²) in [5.74, 6) is 1.49. The molecule has 0 bridgehead atoms. The SMILES string of the molecule is CCC1c2nnc(C)n2-c2cnc(Nc3ccc(C(=O)NC4CCN(C(=O)CCCOc5cccc6c5C(=O)N(C5CCC(=O)NC5=O)C6=O)CC4)cc3OC)nc2N1CC1CCCCC1. The molecule has 2 unspecified atom stereocenters. The number of hydrogen-bond donors (Lipinski definition) is 3. The van der Waals surface area contributed by atoms with Crippen LogP contribution in [0.2, 0.25) is 0 Å². The van der Waals surface area contributed by atoms with E-state index in [-0.39, 0.29) is 66.6 Å². The number of aromatic nitrogens is 5. The number of aryl methyl sites for hydroxylation is 1. The molecule has 4 aliphatic heterocycles. The number of likely N-dealkylation sites (tertiary alicyclic amines) is 1. The molecule has 1 aliphatic carbocycles. The van der Waals surface area contributed by atoms with E-state index >= 15 is 0 Å². The highest BCUT2D eigenvalue weighted by molar-refractivity contribution is 6.24. The quantitative estimate of drug-likeness (QED) is 0.113. The van der Waals surface area contributed by atoms with Crippen LogP contribution >= 0.6 is 0 Å². The molecule has 19 heteroatoms. The van der Waals surface area contributed by atoms with Crippen molar-refractivity contribution in [3.8, 4) is 17.2 Å². The van der Waals surface area contributed by atoms with Gasteiger partial charge in [-0.15, -0.1) is 10.2 Å². The number of piperidine rings is 2. The number of amides is 6. The summed E-state index contributed by atoms with van der Waals surface area (Å²) in [6, 6.07) is 8.72. The van der Waals surface area contributed by atoms with Crippen molar-refractivity contribution in [2.24, 2.45) is 5.92 Å². The van der Waals surface area contributed by atoms with E-state index in [9.17, 15) is 28.8 Å². The zero-order valence-corrected chi connectivity index (χ0v) is 37.5. The molecular weight excluding hydrogens is 847 g/mol. The second-order valence-corrected chi connectivity index (χ2v) is 17.7. The van der Waals surface area contributed by atoms with Crippen LogP contribution in [0.15, 0.2) is 42.6 Å². The zero-order valence-electron chi connectivity index (χ0n) is 37.5. The molecule has 2 atom stereocenters. The fraction of sp³-hybridized carbons (Fsp3) is 0.489. The number of nitrogens with one attached hydrogen (secondary N) is 3. The zero-order chi connectivity index (χ0) is 46.1. The summed E-state index contributed by atoms with van der Waals surface area (Å²) in [7, 11) is 1.55. The minimum atomic E-state index is -1.08. The lowest BCUT2D eigenvalue weighted by molar-refractivity contribution is -0.136. The number of carbonyl (C=O) groups excluding carboxylic acids is 6. The first-order chi connectivity index (χ1) is 32.0. The van der Waals surface area contributed by atoms with Crippen LogP contribution in [-0.2, 0) is 14.4 Å². The summed E-state index contributed by atoms with van der Waals surface area (Å²) >= 11 is 0. The van der Waals surface area contributed by atoms with Crippen LogP contribution in [0.5, 0.6) is 11.5 Å². The summed E-state index contributed by atoms with van der Waals surface area (Å²) in [5.41, 5.74) is 2.09. The summed E-state index contributed by atoms with van der Waals surface area (Å²) in [4.78, 5) is 92.2. The number of anilines is 3. The molecule has 2 saturated heterocycles. The predicted octanol–water partition coefficient (Wildman–Crippen LogP) is 4.95. The van der Waals surface area contributed by atoms with Gasteiger partial charge in [0.05, 0.1) is 42.8 Å². The first-order valence-electron chi connectivity index (χ1n) is 23.1. The number of carbonyl (C=O) groups is 6. The van der Waals surface area contributed by atoms with Crippen molar-refractivity contribution in [2.75, 3.05) is 43.6 Å². The van der Waals surface area contributed by atoms with Gasteiger partial charge in [-0.2, -0.15) is 4.98 Å². The van der Waals surface area contributed by atoms with Crippen LogP contribution in [-0.4, -0.2) is 115 Å². The Morgan fingerprint density at radius 2 is 1.74 bits per heavy atom. The van der Waals surface area contributed by atoms with E-state index in [0.29, 0.717) is 61.2 Å². The first kappa shape index (κ1) is 44.3. The summed E-state index contributed by atoms with van der Waals surface area (Å²) < 4.78 is 13.7. The number of methoxy groups -OCH3 is 1. The predicted molar refractivity (Wildman–Crippen MR) is 240 cm³/mol. The third kappa shape index (κ3) is 8.65. The highest BCUT2D eigenvalue weighted by Gasteiger charge is 2.46. The van der Waals surface area contributed by atoms with Gasteiger partial charge >= 0.3 is 0 Å². The molecule has 5 aliphatic rings. The molecule has 66 heavy (non-hydrogen) atoms. The Kier molecular flexibility index (Phi) is 12.7. The molecule has 3 N–H and O–H groups in total. The molecule has 19 nitrogen and oxygen atoms in total. The number of imide groups is 2. The summed E-state index contributed by atoms with van der Waals surface area (Å²) in [5, 5.41) is 17.7. The van der Waals surface area contributed by atoms with E-state index in [4.69, 9.17) is 19.4 Å². The molecule has 4 aromatic rings. The third-order valence-electron chi connectivity index (χ3n) is 13.5. The first-order valence-corrected chi connectivity index (χ1v) is 23.1. The maximum atomic E-state index is 13.5. The molecule has 2 aromatic heterocycles. The molecule has 6 amide bonds.